The molecule has 2 N–H and O–H groups in total. The molecule has 0 radical (unpaired) electrons. The van der Waals surface area contributed by atoms with E-state index in [1.807, 2.05) is 35.0 Å². The van der Waals surface area contributed by atoms with E-state index in [-0.39, 0.29) is 0 Å². The summed E-state index contributed by atoms with van der Waals surface area (Å²) in [6.45, 7) is 0.575. The average Bonchev–Trinajstić information content (AvgIpc) is 2.86. The second-order valence-corrected chi connectivity index (χ2v) is 4.68. The first-order chi connectivity index (χ1) is 9.29. The Hall–Kier alpha value is -1.91. The molecule has 0 aliphatic heterocycles. The molecule has 3 aromatic rings. The Kier molecular flexibility index (Phi) is 3.19. The van der Waals surface area contributed by atoms with Crippen molar-refractivity contribution in [2.24, 2.45) is 5.73 Å². The van der Waals surface area contributed by atoms with Gasteiger partial charge < -0.3 is 10.3 Å². The summed E-state index contributed by atoms with van der Waals surface area (Å²) in [5.41, 5.74) is 7.53. The molecule has 0 fully saturated rings. The predicted molar refractivity (Wildman–Crippen MR) is 76.6 cm³/mol. The number of imidazole rings is 1. The van der Waals surface area contributed by atoms with Crippen LogP contribution in [0.2, 0.25) is 5.02 Å². The maximum atomic E-state index is 6.00. The van der Waals surface area contributed by atoms with Gasteiger partial charge in [-0.2, -0.15) is 0 Å². The molecule has 0 unspecified atom stereocenters. The smallest absolute Gasteiger partial charge is 0.114 e. The van der Waals surface area contributed by atoms with Crippen molar-refractivity contribution in [1.82, 2.24) is 14.5 Å². The van der Waals surface area contributed by atoms with Gasteiger partial charge in [0.15, 0.2) is 0 Å². The Morgan fingerprint density at radius 3 is 2.89 bits per heavy atom. The maximum absolute atomic E-state index is 6.00. The van der Waals surface area contributed by atoms with Crippen LogP contribution in [0, 0.1) is 0 Å². The molecule has 2 heterocycles. The van der Waals surface area contributed by atoms with Gasteiger partial charge in [-0.15, -0.1) is 0 Å². The predicted octanol–water partition coefficient (Wildman–Crippen LogP) is 2.58. The number of hydrogen-bond acceptors (Lipinski definition) is 3. The van der Waals surface area contributed by atoms with E-state index in [9.17, 15) is 0 Å². The molecule has 5 heteroatoms. The Labute approximate surface area is 115 Å². The third-order valence-electron chi connectivity index (χ3n) is 3.03. The molecule has 0 aliphatic carbocycles. The summed E-state index contributed by atoms with van der Waals surface area (Å²) in [5.74, 6) is 0.949. The lowest BCUT2D eigenvalue weighted by molar-refractivity contribution is 0.839. The second kappa shape index (κ2) is 4.99. The van der Waals surface area contributed by atoms with Gasteiger partial charge in [0.2, 0.25) is 0 Å². The Morgan fingerprint density at radius 2 is 2.05 bits per heavy atom. The lowest BCUT2D eigenvalue weighted by Crippen LogP contribution is -2.09. The zero-order chi connectivity index (χ0) is 13.2. The van der Waals surface area contributed by atoms with Gasteiger partial charge in [0.25, 0.3) is 0 Å². The minimum Gasteiger partial charge on any atom is -0.330 e. The molecule has 19 heavy (non-hydrogen) atoms. The molecule has 0 saturated heterocycles. The number of halogens is 1. The van der Waals surface area contributed by atoms with E-state index < -0.39 is 0 Å². The van der Waals surface area contributed by atoms with Crippen molar-refractivity contribution in [3.8, 4) is 5.69 Å². The molecule has 1 aromatic carbocycles. The molecular weight excluding hydrogens is 260 g/mol. The molecule has 0 bridgehead atoms. The normalized spacial score (nSPS) is 11.1. The van der Waals surface area contributed by atoms with Gasteiger partial charge in [0.05, 0.1) is 11.2 Å². The molecule has 0 aliphatic rings. The standard InChI is InChI=1S/C14H13ClN4/c15-10-1-2-11-12(9-10)17-6-4-13(11)19-8-7-18-14(19)3-5-16/h1-2,4,6-9H,3,5,16H2. The molecule has 4 nitrogen and oxygen atoms in total. The van der Waals surface area contributed by atoms with Gasteiger partial charge >= 0.3 is 0 Å². The van der Waals surface area contributed by atoms with Crippen LogP contribution in [0.4, 0.5) is 0 Å². The monoisotopic (exact) mass is 272 g/mol. The van der Waals surface area contributed by atoms with Crippen LogP contribution in [0.3, 0.4) is 0 Å². The second-order valence-electron chi connectivity index (χ2n) is 4.24. The number of pyridine rings is 1. The van der Waals surface area contributed by atoms with Gasteiger partial charge in [0, 0.05) is 35.4 Å². The number of benzene rings is 1. The Bertz CT molecular complexity index is 720. The van der Waals surface area contributed by atoms with Crippen LogP contribution in [-0.2, 0) is 6.42 Å². The van der Waals surface area contributed by atoms with E-state index in [4.69, 9.17) is 17.3 Å². The highest BCUT2D eigenvalue weighted by molar-refractivity contribution is 6.31. The van der Waals surface area contributed by atoms with Crippen LogP contribution in [0.15, 0.2) is 42.9 Å². The third kappa shape index (κ3) is 2.20. The maximum Gasteiger partial charge on any atom is 0.114 e. The summed E-state index contributed by atoms with van der Waals surface area (Å²) in [6, 6.07) is 7.68. The Morgan fingerprint density at radius 1 is 1.16 bits per heavy atom. The molecular formula is C14H13ClN4. The molecule has 3 rings (SSSR count). The number of hydrogen-bond donors (Lipinski definition) is 1. The first kappa shape index (κ1) is 12.1. The van der Waals surface area contributed by atoms with Gasteiger partial charge in [0.1, 0.15) is 5.82 Å². The van der Waals surface area contributed by atoms with Crippen LogP contribution < -0.4 is 5.73 Å². The number of aromatic nitrogens is 3. The number of rotatable bonds is 3. The van der Waals surface area contributed by atoms with Crippen molar-refractivity contribution in [2.45, 2.75) is 6.42 Å². The molecule has 96 valence electrons. The summed E-state index contributed by atoms with van der Waals surface area (Å²) < 4.78 is 2.05. The van der Waals surface area contributed by atoms with E-state index in [2.05, 4.69) is 9.97 Å². The van der Waals surface area contributed by atoms with Crippen LogP contribution in [-0.4, -0.2) is 21.1 Å². The van der Waals surface area contributed by atoms with Gasteiger partial charge in [-0.1, -0.05) is 11.6 Å². The first-order valence-electron chi connectivity index (χ1n) is 6.06. The summed E-state index contributed by atoms with van der Waals surface area (Å²) in [5, 5.41) is 1.73. The van der Waals surface area contributed by atoms with Gasteiger partial charge in [-0.05, 0) is 30.8 Å². The highest BCUT2D eigenvalue weighted by Crippen LogP contribution is 2.24. The molecule has 0 amide bonds. The average molecular weight is 273 g/mol. The van der Waals surface area contributed by atoms with Crippen LogP contribution in [0.25, 0.3) is 16.6 Å². The minimum absolute atomic E-state index is 0.575. The third-order valence-corrected chi connectivity index (χ3v) is 3.26. The fourth-order valence-corrected chi connectivity index (χ4v) is 2.35. The first-order valence-corrected chi connectivity index (χ1v) is 6.44. The van der Waals surface area contributed by atoms with E-state index in [0.717, 1.165) is 28.8 Å². The minimum atomic E-state index is 0.575. The largest absolute Gasteiger partial charge is 0.330 e. The van der Waals surface area contributed by atoms with E-state index in [1.54, 1.807) is 12.4 Å². The van der Waals surface area contributed by atoms with Crippen molar-refractivity contribution >= 4 is 22.5 Å². The van der Waals surface area contributed by atoms with Gasteiger partial charge in [-0.25, -0.2) is 4.98 Å². The van der Waals surface area contributed by atoms with E-state index in [0.29, 0.717) is 11.6 Å². The topological polar surface area (TPSA) is 56.7 Å². The van der Waals surface area contributed by atoms with Crippen molar-refractivity contribution in [2.75, 3.05) is 6.54 Å². The number of nitrogens with zero attached hydrogens (tertiary/aromatic N) is 3. The van der Waals surface area contributed by atoms with E-state index in [1.165, 1.54) is 0 Å². The fraction of sp³-hybridized carbons (Fsp3) is 0.143. The fourth-order valence-electron chi connectivity index (χ4n) is 2.18. The van der Waals surface area contributed by atoms with E-state index >= 15 is 0 Å². The summed E-state index contributed by atoms with van der Waals surface area (Å²) in [7, 11) is 0. The van der Waals surface area contributed by atoms with Crippen LogP contribution in [0.1, 0.15) is 5.82 Å². The van der Waals surface area contributed by atoms with Crippen molar-refractivity contribution in [1.29, 1.82) is 0 Å². The quantitative estimate of drug-likeness (QED) is 0.797. The molecule has 2 aromatic heterocycles. The lowest BCUT2D eigenvalue weighted by Gasteiger charge is -2.10. The van der Waals surface area contributed by atoms with Crippen molar-refractivity contribution in [3.63, 3.8) is 0 Å². The summed E-state index contributed by atoms with van der Waals surface area (Å²) in [4.78, 5) is 8.69. The molecule has 0 saturated carbocycles. The van der Waals surface area contributed by atoms with Crippen molar-refractivity contribution < 1.29 is 0 Å². The van der Waals surface area contributed by atoms with Crippen LogP contribution >= 0.6 is 11.6 Å². The summed E-state index contributed by atoms with van der Waals surface area (Å²) >= 11 is 6.00. The van der Waals surface area contributed by atoms with Gasteiger partial charge in [-0.3, -0.25) is 4.98 Å². The zero-order valence-corrected chi connectivity index (χ0v) is 11.0. The number of nitrogens with two attached hydrogens (primary N) is 1. The molecule has 0 atom stereocenters. The highest BCUT2D eigenvalue weighted by atomic mass is 35.5. The van der Waals surface area contributed by atoms with Crippen molar-refractivity contribution in [3.05, 3.63) is 53.7 Å². The summed E-state index contributed by atoms with van der Waals surface area (Å²) in [6.07, 6.45) is 6.24. The highest BCUT2D eigenvalue weighted by Gasteiger charge is 2.08. The van der Waals surface area contributed by atoms with Crippen LogP contribution in [0.5, 0.6) is 0 Å². The lowest BCUT2D eigenvalue weighted by atomic mass is 10.2. The Balaban J connectivity index is 2.22. The zero-order valence-electron chi connectivity index (χ0n) is 10.3. The molecule has 0 spiro atoms. The SMILES string of the molecule is NCCc1nccn1-c1ccnc2cc(Cl)ccc12. The number of fused-ring (bicyclic) bond motifs is 1.